The van der Waals surface area contributed by atoms with Gasteiger partial charge in [-0.3, -0.25) is 0 Å². The maximum absolute atomic E-state index is 5.45. The van der Waals surface area contributed by atoms with Crippen molar-refractivity contribution in [1.82, 2.24) is 14.5 Å². The zero-order valence-electron chi connectivity index (χ0n) is 26.0. The number of thiophene rings is 1. The van der Waals surface area contributed by atoms with Crippen LogP contribution in [-0.4, -0.2) is 14.5 Å². The number of nitrogens with zero attached hydrogens (tertiary/aromatic N) is 3. The van der Waals surface area contributed by atoms with Gasteiger partial charge in [0.25, 0.3) is 0 Å². The Bertz CT molecular complexity index is 2710. The van der Waals surface area contributed by atoms with E-state index in [1.165, 1.54) is 58.7 Å². The summed E-state index contributed by atoms with van der Waals surface area (Å²) < 4.78 is 5.06. The lowest BCUT2D eigenvalue weighted by molar-refractivity contribution is 0.658. The summed E-state index contributed by atoms with van der Waals surface area (Å²) in [6.07, 6.45) is 0. The average molecular weight is 620 g/mol. The van der Waals surface area contributed by atoms with Gasteiger partial charge in [0.2, 0.25) is 0 Å². The van der Waals surface area contributed by atoms with Crippen LogP contribution in [0.5, 0.6) is 0 Å². The highest BCUT2D eigenvalue weighted by molar-refractivity contribution is 7.26. The largest absolute Gasteiger partial charge is 0.308 e. The average Bonchev–Trinajstić information content (AvgIpc) is 3.74. The summed E-state index contributed by atoms with van der Waals surface area (Å²) in [5, 5.41) is 5.18. The number of aromatic nitrogens is 3. The van der Waals surface area contributed by atoms with Gasteiger partial charge in [0.1, 0.15) is 0 Å². The summed E-state index contributed by atoms with van der Waals surface area (Å²) in [6.45, 7) is 4.60. The van der Waals surface area contributed by atoms with Crippen molar-refractivity contribution in [2.75, 3.05) is 0 Å². The second-order valence-corrected chi connectivity index (χ2v) is 14.0. The molecule has 0 bridgehead atoms. The Kier molecular flexibility index (Phi) is 5.50. The highest BCUT2D eigenvalue weighted by Crippen LogP contribution is 2.52. The van der Waals surface area contributed by atoms with E-state index in [9.17, 15) is 0 Å². The Morgan fingerprint density at radius 1 is 0.553 bits per heavy atom. The second-order valence-electron chi connectivity index (χ2n) is 13.0. The van der Waals surface area contributed by atoms with Gasteiger partial charge in [0.05, 0.1) is 28.1 Å². The maximum atomic E-state index is 5.45. The summed E-state index contributed by atoms with van der Waals surface area (Å²) in [7, 11) is 0. The molecular weight excluding hydrogens is 591 g/mol. The Labute approximate surface area is 276 Å². The van der Waals surface area contributed by atoms with E-state index in [1.807, 2.05) is 11.3 Å². The summed E-state index contributed by atoms with van der Waals surface area (Å²) >= 11 is 1.88. The highest BCUT2D eigenvalue weighted by Gasteiger charge is 2.40. The highest BCUT2D eigenvalue weighted by atomic mass is 32.1. The number of hydrogen-bond acceptors (Lipinski definition) is 3. The van der Waals surface area contributed by atoms with E-state index in [2.05, 4.69) is 158 Å². The normalized spacial score (nSPS) is 13.5. The van der Waals surface area contributed by atoms with Crippen molar-refractivity contribution in [3.8, 4) is 39.6 Å². The van der Waals surface area contributed by atoms with Gasteiger partial charge < -0.3 is 4.57 Å². The van der Waals surface area contributed by atoms with E-state index in [1.54, 1.807) is 0 Å². The van der Waals surface area contributed by atoms with Gasteiger partial charge >= 0.3 is 0 Å². The van der Waals surface area contributed by atoms with Crippen LogP contribution in [0.4, 0.5) is 0 Å². The van der Waals surface area contributed by atoms with Crippen LogP contribution in [0.25, 0.3) is 81.6 Å². The molecule has 0 radical (unpaired) electrons. The molecule has 222 valence electrons. The summed E-state index contributed by atoms with van der Waals surface area (Å²) in [4.78, 5) is 10.9. The lowest BCUT2D eigenvalue weighted by Gasteiger charge is -2.24. The molecule has 3 aromatic heterocycles. The van der Waals surface area contributed by atoms with Crippen molar-refractivity contribution in [2.45, 2.75) is 19.3 Å². The molecule has 6 aromatic carbocycles. The van der Waals surface area contributed by atoms with Crippen molar-refractivity contribution in [2.24, 2.45) is 0 Å². The van der Waals surface area contributed by atoms with Crippen LogP contribution in [0.15, 0.2) is 140 Å². The van der Waals surface area contributed by atoms with Crippen molar-refractivity contribution >= 4 is 53.3 Å². The molecule has 1 aliphatic rings. The first kappa shape index (κ1) is 26.6. The van der Waals surface area contributed by atoms with Crippen LogP contribution in [0, 0.1) is 0 Å². The molecule has 47 heavy (non-hydrogen) atoms. The minimum absolute atomic E-state index is 0.225. The van der Waals surface area contributed by atoms with Crippen LogP contribution < -0.4 is 0 Å². The van der Waals surface area contributed by atoms with Crippen LogP contribution in [-0.2, 0) is 5.41 Å². The molecule has 3 nitrogen and oxygen atoms in total. The zero-order valence-corrected chi connectivity index (χ0v) is 26.8. The van der Waals surface area contributed by atoms with Crippen LogP contribution in [0.1, 0.15) is 25.0 Å². The lowest BCUT2D eigenvalue weighted by atomic mass is 9.81. The van der Waals surface area contributed by atoms with Gasteiger partial charge in [-0.05, 0) is 35.9 Å². The number of hydrogen-bond donors (Lipinski definition) is 0. The first-order chi connectivity index (χ1) is 23.1. The summed E-state index contributed by atoms with van der Waals surface area (Å²) in [5.74, 6) is 0.736. The Morgan fingerprint density at radius 3 is 2.11 bits per heavy atom. The Balaban J connectivity index is 1.29. The van der Waals surface area contributed by atoms with Crippen molar-refractivity contribution < 1.29 is 0 Å². The van der Waals surface area contributed by atoms with Crippen LogP contribution in [0.3, 0.4) is 0 Å². The number of fused-ring (bicyclic) bond motifs is 10. The van der Waals surface area contributed by atoms with Gasteiger partial charge in [-0.25, -0.2) is 9.97 Å². The molecule has 9 aromatic rings. The van der Waals surface area contributed by atoms with E-state index >= 15 is 0 Å². The van der Waals surface area contributed by atoms with Gasteiger partial charge in [0.15, 0.2) is 5.82 Å². The molecule has 1 aliphatic carbocycles. The van der Waals surface area contributed by atoms with Crippen molar-refractivity contribution in [3.63, 3.8) is 0 Å². The third-order valence-corrected chi connectivity index (χ3v) is 11.2. The number of benzene rings is 6. The van der Waals surface area contributed by atoms with Gasteiger partial charge in [-0.1, -0.05) is 123 Å². The fourth-order valence-corrected chi connectivity index (χ4v) is 9.15. The molecule has 0 atom stereocenters. The molecule has 0 spiro atoms. The lowest BCUT2D eigenvalue weighted by Crippen LogP contribution is -2.17. The third kappa shape index (κ3) is 3.67. The molecule has 0 fully saturated rings. The topological polar surface area (TPSA) is 30.7 Å². The van der Waals surface area contributed by atoms with Crippen LogP contribution >= 0.6 is 11.3 Å². The fourth-order valence-electron chi connectivity index (χ4n) is 7.89. The molecular formula is C43H29N3S. The predicted octanol–water partition coefficient (Wildman–Crippen LogP) is 11.6. The second kappa shape index (κ2) is 9.71. The molecule has 0 amide bonds. The SMILES string of the molecule is CC1(C)c2ccccc2-c2nc(-c3ccccc3-n3c4ccccc4c4c5sc6ccccc6c5ccc43)nc(-c3ccccc3)c21. The molecule has 4 heteroatoms. The molecule has 0 saturated heterocycles. The first-order valence-electron chi connectivity index (χ1n) is 16.1. The third-order valence-electron chi connectivity index (χ3n) is 10.0. The van der Waals surface area contributed by atoms with Gasteiger partial charge in [-0.15, -0.1) is 11.3 Å². The smallest absolute Gasteiger partial charge is 0.162 e. The Morgan fingerprint density at radius 2 is 1.23 bits per heavy atom. The molecule has 0 aliphatic heterocycles. The number of rotatable bonds is 3. The van der Waals surface area contributed by atoms with E-state index in [-0.39, 0.29) is 5.41 Å². The number of para-hydroxylation sites is 2. The first-order valence-corrected chi connectivity index (χ1v) is 16.9. The molecule has 0 saturated carbocycles. The minimum atomic E-state index is -0.225. The van der Waals surface area contributed by atoms with Crippen molar-refractivity contribution in [3.05, 3.63) is 151 Å². The van der Waals surface area contributed by atoms with E-state index in [0.29, 0.717) is 0 Å². The van der Waals surface area contributed by atoms with E-state index in [4.69, 9.17) is 9.97 Å². The molecule has 3 heterocycles. The van der Waals surface area contributed by atoms with Gasteiger partial charge in [-0.2, -0.15) is 0 Å². The summed E-state index contributed by atoms with van der Waals surface area (Å²) in [5.41, 5.74) is 11.0. The quantitative estimate of drug-likeness (QED) is 0.197. The summed E-state index contributed by atoms with van der Waals surface area (Å²) in [6, 6.07) is 50.1. The Hall–Kier alpha value is -5.58. The predicted molar refractivity (Wildman–Crippen MR) is 198 cm³/mol. The molecule has 0 unspecified atom stereocenters. The maximum Gasteiger partial charge on any atom is 0.162 e. The fraction of sp³-hybridized carbons (Fsp3) is 0.0698. The van der Waals surface area contributed by atoms with Crippen LogP contribution in [0.2, 0.25) is 0 Å². The van der Waals surface area contributed by atoms with Gasteiger partial charge in [0, 0.05) is 58.6 Å². The zero-order chi connectivity index (χ0) is 31.3. The molecule has 10 rings (SSSR count). The van der Waals surface area contributed by atoms with E-state index in [0.717, 1.165) is 34.0 Å². The standard InChI is InChI=1S/C43H29N3S/c1-43(2)32-20-10-6-17-29(32)40-38(43)39(26-14-4-3-5-15-26)44-42(45-40)31-19-8-12-22-34(31)46-33-21-11-7-18-30(33)37-35(46)25-24-28-27-16-9-13-23-36(27)47-41(28)37/h3-25H,1-2H3. The monoisotopic (exact) mass is 619 g/mol. The van der Waals surface area contributed by atoms with Crippen molar-refractivity contribution in [1.29, 1.82) is 0 Å². The minimum Gasteiger partial charge on any atom is -0.308 e. The molecule has 0 N–H and O–H groups in total. The van der Waals surface area contributed by atoms with E-state index < -0.39 is 0 Å².